The van der Waals surface area contributed by atoms with Gasteiger partial charge in [-0.2, -0.15) is 0 Å². The first kappa shape index (κ1) is 14.5. The first-order valence-corrected chi connectivity index (χ1v) is 8.73. The van der Waals surface area contributed by atoms with Gasteiger partial charge in [-0.05, 0) is 50.2 Å². The summed E-state index contributed by atoms with van der Waals surface area (Å²) >= 11 is 7.96. The highest BCUT2D eigenvalue weighted by Gasteiger charge is 2.36. The maximum absolute atomic E-state index is 12.3. The molecule has 0 aromatic heterocycles. The van der Waals surface area contributed by atoms with Crippen molar-refractivity contribution in [1.29, 1.82) is 0 Å². The van der Waals surface area contributed by atoms with E-state index in [-0.39, 0.29) is 16.7 Å². The monoisotopic (exact) mass is 289 g/mol. The molecule has 2 fully saturated rings. The average molecular weight is 290 g/mol. The Morgan fingerprint density at radius 3 is 2.61 bits per heavy atom. The molecule has 1 saturated carbocycles. The highest BCUT2D eigenvalue weighted by molar-refractivity contribution is 8.00. The lowest BCUT2D eigenvalue weighted by Crippen LogP contribution is -2.54. The van der Waals surface area contributed by atoms with E-state index in [1.165, 1.54) is 25.7 Å². The SMILES string of the molecule is CC1CCC(CCl)(NC(=O)C2CCCCS2)CC1. The second-order valence-electron chi connectivity index (χ2n) is 5.94. The van der Waals surface area contributed by atoms with Crippen LogP contribution in [0.1, 0.15) is 51.9 Å². The van der Waals surface area contributed by atoms with Crippen molar-refractivity contribution >= 4 is 29.3 Å². The van der Waals surface area contributed by atoms with Gasteiger partial charge in [-0.3, -0.25) is 4.79 Å². The van der Waals surface area contributed by atoms with Gasteiger partial charge in [0.1, 0.15) is 0 Å². The van der Waals surface area contributed by atoms with Crippen LogP contribution in [0.15, 0.2) is 0 Å². The van der Waals surface area contributed by atoms with Crippen molar-refractivity contribution in [3.05, 3.63) is 0 Å². The number of hydrogen-bond acceptors (Lipinski definition) is 2. The van der Waals surface area contributed by atoms with Crippen molar-refractivity contribution in [2.24, 2.45) is 5.92 Å². The molecule has 1 amide bonds. The zero-order valence-electron chi connectivity index (χ0n) is 11.2. The van der Waals surface area contributed by atoms with Gasteiger partial charge < -0.3 is 5.32 Å². The number of nitrogens with one attached hydrogen (secondary N) is 1. The van der Waals surface area contributed by atoms with Crippen molar-refractivity contribution in [1.82, 2.24) is 5.32 Å². The second-order valence-corrected chi connectivity index (χ2v) is 7.52. The molecule has 0 aromatic rings. The van der Waals surface area contributed by atoms with Gasteiger partial charge in [0.15, 0.2) is 0 Å². The predicted octanol–water partition coefficient (Wildman–Crippen LogP) is 3.58. The molecule has 1 heterocycles. The number of carbonyl (C=O) groups is 1. The van der Waals surface area contributed by atoms with Crippen LogP contribution in [0.25, 0.3) is 0 Å². The summed E-state index contributed by atoms with van der Waals surface area (Å²) in [6.45, 7) is 2.29. The molecular weight excluding hydrogens is 266 g/mol. The molecule has 0 spiro atoms. The lowest BCUT2D eigenvalue weighted by Gasteiger charge is -2.39. The van der Waals surface area contributed by atoms with Gasteiger partial charge in [0, 0.05) is 5.88 Å². The standard InChI is InChI=1S/C14H24ClNOS/c1-11-5-7-14(10-15,8-6-11)16-13(17)12-4-2-3-9-18-12/h11-12H,2-10H2,1H3,(H,16,17). The van der Waals surface area contributed by atoms with E-state index in [0.717, 1.165) is 30.9 Å². The number of carbonyl (C=O) groups excluding carboxylic acids is 1. The Hall–Kier alpha value is 0.110. The lowest BCUT2D eigenvalue weighted by atomic mass is 9.78. The van der Waals surface area contributed by atoms with Crippen LogP contribution >= 0.6 is 23.4 Å². The molecule has 2 aliphatic rings. The number of alkyl halides is 1. The number of hydrogen-bond donors (Lipinski definition) is 1. The topological polar surface area (TPSA) is 29.1 Å². The van der Waals surface area contributed by atoms with Crippen LogP contribution in [0.4, 0.5) is 0 Å². The minimum atomic E-state index is -0.122. The molecule has 0 aromatic carbocycles. The summed E-state index contributed by atoms with van der Waals surface area (Å²) in [7, 11) is 0. The van der Waals surface area contributed by atoms with Gasteiger partial charge in [-0.15, -0.1) is 23.4 Å². The van der Waals surface area contributed by atoms with Crippen LogP contribution in [0.3, 0.4) is 0 Å². The molecular formula is C14H24ClNOS. The zero-order chi connectivity index (χ0) is 13.0. The smallest absolute Gasteiger partial charge is 0.233 e. The molecule has 1 unspecified atom stereocenters. The van der Waals surface area contributed by atoms with E-state index in [1.807, 2.05) is 11.8 Å². The number of rotatable bonds is 3. The maximum Gasteiger partial charge on any atom is 0.233 e. The zero-order valence-corrected chi connectivity index (χ0v) is 12.8. The Morgan fingerprint density at radius 2 is 2.06 bits per heavy atom. The Bertz CT molecular complexity index is 284. The largest absolute Gasteiger partial charge is 0.349 e. The first-order valence-electron chi connectivity index (χ1n) is 7.15. The van der Waals surface area contributed by atoms with E-state index >= 15 is 0 Å². The van der Waals surface area contributed by atoms with Crippen LogP contribution in [-0.2, 0) is 4.79 Å². The van der Waals surface area contributed by atoms with Gasteiger partial charge in [-0.25, -0.2) is 0 Å². The van der Waals surface area contributed by atoms with Crippen LogP contribution in [0.5, 0.6) is 0 Å². The van der Waals surface area contributed by atoms with Gasteiger partial charge in [0.05, 0.1) is 10.8 Å². The highest BCUT2D eigenvalue weighted by Crippen LogP contribution is 2.34. The molecule has 1 aliphatic heterocycles. The fourth-order valence-electron chi connectivity index (χ4n) is 2.90. The average Bonchev–Trinajstić information content (AvgIpc) is 2.43. The first-order chi connectivity index (χ1) is 8.65. The molecule has 18 heavy (non-hydrogen) atoms. The fraction of sp³-hybridized carbons (Fsp3) is 0.929. The Morgan fingerprint density at radius 1 is 1.33 bits per heavy atom. The Kier molecular flexibility index (Phi) is 5.25. The second kappa shape index (κ2) is 6.51. The summed E-state index contributed by atoms with van der Waals surface area (Å²) in [6, 6.07) is 0. The summed E-state index contributed by atoms with van der Waals surface area (Å²) in [5.74, 6) is 2.70. The van der Waals surface area contributed by atoms with E-state index in [1.54, 1.807) is 0 Å². The third kappa shape index (κ3) is 3.57. The van der Waals surface area contributed by atoms with Crippen molar-refractivity contribution in [2.75, 3.05) is 11.6 Å². The predicted molar refractivity (Wildman–Crippen MR) is 79.3 cm³/mol. The summed E-state index contributed by atoms with van der Waals surface area (Å²) < 4.78 is 0. The molecule has 1 atom stereocenters. The van der Waals surface area contributed by atoms with Crippen molar-refractivity contribution < 1.29 is 4.79 Å². The van der Waals surface area contributed by atoms with E-state index in [0.29, 0.717) is 5.88 Å². The number of amides is 1. The van der Waals surface area contributed by atoms with Crippen LogP contribution in [0, 0.1) is 5.92 Å². The fourth-order valence-corrected chi connectivity index (χ4v) is 4.43. The Labute approximate surface area is 120 Å². The summed E-state index contributed by atoms with van der Waals surface area (Å²) in [5, 5.41) is 3.45. The molecule has 0 bridgehead atoms. The molecule has 2 nitrogen and oxygen atoms in total. The minimum Gasteiger partial charge on any atom is -0.349 e. The van der Waals surface area contributed by atoms with E-state index in [9.17, 15) is 4.79 Å². The maximum atomic E-state index is 12.3. The van der Waals surface area contributed by atoms with Crippen molar-refractivity contribution in [2.45, 2.75) is 62.7 Å². The van der Waals surface area contributed by atoms with Crippen molar-refractivity contribution in [3.8, 4) is 0 Å². The van der Waals surface area contributed by atoms with Gasteiger partial charge >= 0.3 is 0 Å². The Balaban J connectivity index is 1.90. The van der Waals surface area contributed by atoms with Gasteiger partial charge in [-0.1, -0.05) is 13.3 Å². The molecule has 0 radical (unpaired) electrons. The summed E-state index contributed by atoms with van der Waals surface area (Å²) in [4.78, 5) is 12.3. The van der Waals surface area contributed by atoms with E-state index < -0.39 is 0 Å². The van der Waals surface area contributed by atoms with Gasteiger partial charge in [0.25, 0.3) is 0 Å². The van der Waals surface area contributed by atoms with E-state index in [2.05, 4.69) is 12.2 Å². The number of thioether (sulfide) groups is 1. The van der Waals surface area contributed by atoms with Crippen LogP contribution in [-0.4, -0.2) is 28.3 Å². The van der Waals surface area contributed by atoms with Gasteiger partial charge in [0.2, 0.25) is 5.91 Å². The molecule has 2 rings (SSSR count). The minimum absolute atomic E-state index is 0.122. The van der Waals surface area contributed by atoms with Crippen LogP contribution < -0.4 is 5.32 Å². The lowest BCUT2D eigenvalue weighted by molar-refractivity contribution is -0.122. The molecule has 1 aliphatic carbocycles. The molecule has 104 valence electrons. The third-order valence-corrected chi connectivity index (χ3v) is 6.24. The summed E-state index contributed by atoms with van der Waals surface area (Å²) in [6.07, 6.45) is 7.94. The summed E-state index contributed by atoms with van der Waals surface area (Å²) in [5.41, 5.74) is -0.122. The normalized spacial score (nSPS) is 37.2. The third-order valence-electron chi connectivity index (χ3n) is 4.35. The van der Waals surface area contributed by atoms with Crippen molar-refractivity contribution in [3.63, 3.8) is 0 Å². The quantitative estimate of drug-likeness (QED) is 0.805. The van der Waals surface area contributed by atoms with Crippen LogP contribution in [0.2, 0.25) is 0 Å². The molecule has 1 N–H and O–H groups in total. The number of halogens is 1. The molecule has 1 saturated heterocycles. The van der Waals surface area contributed by atoms with E-state index in [4.69, 9.17) is 11.6 Å². The molecule has 4 heteroatoms. The highest BCUT2D eigenvalue weighted by atomic mass is 35.5.